The second-order valence-corrected chi connectivity index (χ2v) is 8.58. The highest BCUT2D eigenvalue weighted by atomic mass is 79.9. The fourth-order valence-corrected chi connectivity index (χ4v) is 4.64. The van der Waals surface area contributed by atoms with Crippen LogP contribution in [-0.2, 0) is 10.4 Å². The Morgan fingerprint density at radius 3 is 2.41 bits per heavy atom. The molecule has 2 aromatic rings. The molecule has 1 aromatic carbocycles. The molecule has 1 N–H and O–H groups in total. The number of carbonyl (C=O) groups is 1. The molecule has 6 heteroatoms. The third-order valence-electron chi connectivity index (χ3n) is 5.60. The van der Waals surface area contributed by atoms with Crippen LogP contribution in [0.1, 0.15) is 29.7 Å². The molecule has 0 spiro atoms. The van der Waals surface area contributed by atoms with Gasteiger partial charge in [-0.2, -0.15) is 0 Å². The molecule has 1 unspecified atom stereocenters. The second-order valence-electron chi connectivity index (χ2n) is 7.63. The third kappa shape index (κ3) is 4.80. The first-order valence-corrected chi connectivity index (χ1v) is 10.2. The number of rotatable bonds is 6. The van der Waals surface area contributed by atoms with Gasteiger partial charge in [-0.1, -0.05) is 36.4 Å². The number of benzene rings is 1. The maximum absolute atomic E-state index is 13.3. The summed E-state index contributed by atoms with van der Waals surface area (Å²) in [5.41, 5.74) is -0.998. The average molecular weight is 453 g/mol. The van der Waals surface area contributed by atoms with E-state index in [1.165, 1.54) is 43.7 Å². The van der Waals surface area contributed by atoms with Gasteiger partial charge in [-0.25, -0.2) is 0 Å². The Labute approximate surface area is 176 Å². The van der Waals surface area contributed by atoms with Crippen molar-refractivity contribution in [3.05, 3.63) is 58.3 Å². The Kier molecular flexibility index (Phi) is 7.63. The van der Waals surface area contributed by atoms with E-state index >= 15 is 0 Å². The number of likely N-dealkylation sites (tertiary alicyclic amines) is 1. The Morgan fingerprint density at radius 2 is 1.81 bits per heavy atom. The van der Waals surface area contributed by atoms with Crippen molar-refractivity contribution in [3.63, 3.8) is 0 Å². The van der Waals surface area contributed by atoms with Gasteiger partial charge in [0.15, 0.2) is 0 Å². The van der Waals surface area contributed by atoms with Gasteiger partial charge < -0.3 is 31.5 Å². The predicted octanol–water partition coefficient (Wildman–Crippen LogP) is 0.0769. The number of quaternary nitrogens is 1. The number of halogens is 1. The summed E-state index contributed by atoms with van der Waals surface area (Å²) in [7, 11) is 4.08. The molecule has 1 aliphatic rings. The van der Waals surface area contributed by atoms with Crippen LogP contribution < -0.4 is 17.0 Å². The van der Waals surface area contributed by atoms with E-state index in [2.05, 4.69) is 7.05 Å². The van der Waals surface area contributed by atoms with Crippen LogP contribution in [0.5, 0.6) is 0 Å². The van der Waals surface area contributed by atoms with Crippen molar-refractivity contribution in [1.29, 1.82) is 0 Å². The average Bonchev–Trinajstić information content (AvgIpc) is 3.21. The molecule has 4 nitrogen and oxygen atoms in total. The summed E-state index contributed by atoms with van der Waals surface area (Å²) in [4.78, 5) is 15.7. The van der Waals surface area contributed by atoms with Gasteiger partial charge in [0.05, 0.1) is 38.1 Å². The summed E-state index contributed by atoms with van der Waals surface area (Å²) in [5.74, 6) is -0.255. The maximum Gasteiger partial charge on any atom is 0.264 e. The fourth-order valence-electron chi connectivity index (χ4n) is 3.80. The molecule has 3 rings (SSSR count). The van der Waals surface area contributed by atoms with E-state index in [9.17, 15) is 9.90 Å². The van der Waals surface area contributed by atoms with Crippen molar-refractivity contribution in [2.45, 2.75) is 24.9 Å². The van der Waals surface area contributed by atoms with Crippen molar-refractivity contribution in [1.82, 2.24) is 4.90 Å². The number of hydrogen-bond acceptors (Lipinski definition) is 3. The summed E-state index contributed by atoms with van der Waals surface area (Å²) in [6.45, 7) is 3.93. The van der Waals surface area contributed by atoms with Crippen LogP contribution in [0.25, 0.3) is 0 Å². The molecular weight excluding hydrogens is 424 g/mol. The summed E-state index contributed by atoms with van der Waals surface area (Å²) in [6.07, 6.45) is 3.84. The zero-order valence-electron chi connectivity index (χ0n) is 16.1. The molecule has 1 amide bonds. The second kappa shape index (κ2) is 9.32. The third-order valence-corrected chi connectivity index (χ3v) is 6.58. The van der Waals surface area contributed by atoms with Crippen LogP contribution in [0, 0.1) is 0 Å². The number of likely N-dealkylation sites (N-methyl/N-ethyl adjacent to an activating group) is 2. The molecule has 0 aliphatic carbocycles. The highest BCUT2D eigenvalue weighted by molar-refractivity contribution is 7.10. The Balaban J connectivity index is 0.00000261. The summed E-state index contributed by atoms with van der Waals surface area (Å²) < 4.78 is 1.01. The van der Waals surface area contributed by atoms with Gasteiger partial charge in [0.25, 0.3) is 5.91 Å². The first-order valence-electron chi connectivity index (χ1n) is 9.37. The Bertz CT molecular complexity index is 717. The number of amides is 1. The van der Waals surface area contributed by atoms with Crippen LogP contribution in [0.2, 0.25) is 0 Å². The zero-order chi connectivity index (χ0) is 18.6. The van der Waals surface area contributed by atoms with E-state index in [0.29, 0.717) is 17.0 Å². The number of aliphatic hydroxyl groups is 1. The van der Waals surface area contributed by atoms with Gasteiger partial charge in [-0.05, 0) is 36.3 Å². The van der Waals surface area contributed by atoms with E-state index in [1.54, 1.807) is 11.9 Å². The zero-order valence-corrected chi connectivity index (χ0v) is 18.5. The minimum Gasteiger partial charge on any atom is -1.00 e. The molecule has 27 heavy (non-hydrogen) atoms. The van der Waals surface area contributed by atoms with Crippen LogP contribution in [0.15, 0.2) is 47.8 Å². The number of nitrogens with zero attached hydrogens (tertiary/aromatic N) is 2. The Hall–Kier alpha value is -1.21. The normalized spacial score (nSPS) is 18.2. The standard InChI is InChI=1S/C21H29N2O2S.BrH/c1-22(13-16-23(2)14-7-4-8-15-23)20(24)21(25,19-12-9-17-26-19)18-10-5-3-6-11-18;/h3,5-6,9-12,17,25H,4,7-8,13-16H2,1-2H3;1H/q+1;/p-1. The van der Waals surface area contributed by atoms with E-state index in [0.717, 1.165) is 11.0 Å². The number of piperidine rings is 1. The highest BCUT2D eigenvalue weighted by Gasteiger charge is 2.43. The van der Waals surface area contributed by atoms with Crippen LogP contribution in [0.3, 0.4) is 0 Å². The van der Waals surface area contributed by atoms with Gasteiger partial charge in [-0.15, -0.1) is 11.3 Å². The van der Waals surface area contributed by atoms with Crippen LogP contribution in [0.4, 0.5) is 0 Å². The molecule has 0 radical (unpaired) electrons. The van der Waals surface area contributed by atoms with E-state index < -0.39 is 5.60 Å². The van der Waals surface area contributed by atoms with Crippen LogP contribution >= 0.6 is 11.3 Å². The number of hydrogen-bond donors (Lipinski definition) is 1. The lowest BCUT2D eigenvalue weighted by molar-refractivity contribution is -0.913. The summed E-state index contributed by atoms with van der Waals surface area (Å²) in [6, 6.07) is 13.0. The molecule has 1 fully saturated rings. The lowest BCUT2D eigenvalue weighted by atomic mass is 9.90. The quantitative estimate of drug-likeness (QED) is 0.630. The Morgan fingerprint density at radius 1 is 1.15 bits per heavy atom. The molecule has 1 aromatic heterocycles. The van der Waals surface area contributed by atoms with Crippen LogP contribution in [-0.4, -0.2) is 60.7 Å². The first kappa shape index (κ1) is 22.1. The number of thiophene rings is 1. The lowest BCUT2D eigenvalue weighted by Gasteiger charge is -2.39. The highest BCUT2D eigenvalue weighted by Crippen LogP contribution is 2.34. The smallest absolute Gasteiger partial charge is 0.264 e. The predicted molar refractivity (Wildman–Crippen MR) is 106 cm³/mol. The molecule has 0 bridgehead atoms. The molecule has 0 saturated carbocycles. The van der Waals surface area contributed by atoms with Gasteiger partial charge >= 0.3 is 0 Å². The van der Waals surface area contributed by atoms with E-state index in [4.69, 9.17) is 0 Å². The van der Waals surface area contributed by atoms with Gasteiger partial charge in [0.2, 0.25) is 5.60 Å². The van der Waals surface area contributed by atoms with Crippen molar-refractivity contribution in [2.24, 2.45) is 0 Å². The van der Waals surface area contributed by atoms with Crippen molar-refractivity contribution in [3.8, 4) is 0 Å². The first-order chi connectivity index (χ1) is 12.5. The molecule has 2 heterocycles. The SMILES string of the molecule is CN(CC[N+]1(C)CCCCC1)C(=O)C(O)(c1ccccc1)c1cccs1.[Br-]. The molecule has 148 valence electrons. The fraction of sp³-hybridized carbons (Fsp3) is 0.476. The van der Waals surface area contributed by atoms with Gasteiger partial charge in [0, 0.05) is 7.05 Å². The molecule has 1 atom stereocenters. The maximum atomic E-state index is 13.3. The minimum absolute atomic E-state index is 0. The van der Waals surface area contributed by atoms with Crippen molar-refractivity contribution in [2.75, 3.05) is 40.3 Å². The molecular formula is C21H29BrN2O2S. The van der Waals surface area contributed by atoms with E-state index in [-0.39, 0.29) is 22.9 Å². The van der Waals surface area contributed by atoms with Gasteiger partial charge in [-0.3, -0.25) is 4.79 Å². The van der Waals surface area contributed by atoms with Gasteiger partial charge in [0.1, 0.15) is 0 Å². The monoisotopic (exact) mass is 452 g/mol. The minimum atomic E-state index is -1.62. The van der Waals surface area contributed by atoms with Crippen molar-refractivity contribution < 1.29 is 31.4 Å². The molecule has 1 aliphatic heterocycles. The molecule has 1 saturated heterocycles. The number of carbonyl (C=O) groups excluding carboxylic acids is 1. The van der Waals surface area contributed by atoms with Crippen molar-refractivity contribution >= 4 is 17.2 Å². The lowest BCUT2D eigenvalue weighted by Crippen LogP contribution is -3.00. The summed E-state index contributed by atoms with van der Waals surface area (Å²) >= 11 is 1.41. The largest absolute Gasteiger partial charge is 1.00 e. The topological polar surface area (TPSA) is 40.5 Å². The summed E-state index contributed by atoms with van der Waals surface area (Å²) in [5, 5.41) is 13.4. The van der Waals surface area contributed by atoms with E-state index in [1.807, 2.05) is 47.8 Å².